The number of nitrogens with zero attached hydrogens (tertiary/aromatic N) is 3. The molecule has 1 aliphatic rings. The summed E-state index contributed by atoms with van der Waals surface area (Å²) in [7, 11) is -1.35. The van der Waals surface area contributed by atoms with Crippen molar-refractivity contribution in [1.29, 1.82) is 0 Å². The maximum absolute atomic E-state index is 13.1. The summed E-state index contributed by atoms with van der Waals surface area (Å²) in [5.74, 6) is 0. The number of nitro benzene ring substituents is 1. The number of benzene rings is 2. The Morgan fingerprint density at radius 1 is 1.21 bits per heavy atom. The molecule has 0 saturated carbocycles. The van der Waals surface area contributed by atoms with Crippen molar-refractivity contribution < 1.29 is 26.5 Å². The first-order valence-electron chi connectivity index (χ1n) is 8.58. The zero-order chi connectivity index (χ0) is 21.6. The van der Waals surface area contributed by atoms with Gasteiger partial charge in [0, 0.05) is 32.4 Å². The number of fused-ring (bicyclic) bond motifs is 1. The van der Waals surface area contributed by atoms with E-state index in [0.29, 0.717) is 18.5 Å². The van der Waals surface area contributed by atoms with E-state index in [1.165, 1.54) is 25.2 Å². The Balaban J connectivity index is 2.07. The molecule has 1 heterocycles. The van der Waals surface area contributed by atoms with Crippen LogP contribution in [0.4, 0.5) is 24.5 Å². The van der Waals surface area contributed by atoms with Crippen molar-refractivity contribution in [3.05, 3.63) is 63.7 Å². The Bertz CT molecular complexity index is 1060. The molecule has 2 aromatic carbocycles. The van der Waals surface area contributed by atoms with Crippen LogP contribution in [0.25, 0.3) is 0 Å². The summed E-state index contributed by atoms with van der Waals surface area (Å²) in [5, 5.41) is 11.2. The van der Waals surface area contributed by atoms with Crippen molar-refractivity contribution in [2.24, 2.45) is 0 Å². The predicted octanol–water partition coefficient (Wildman–Crippen LogP) is 3.82. The van der Waals surface area contributed by atoms with Gasteiger partial charge in [-0.2, -0.15) is 17.5 Å². The summed E-state index contributed by atoms with van der Waals surface area (Å²) in [5.41, 5.74) is -0.690. The zero-order valence-corrected chi connectivity index (χ0v) is 16.4. The van der Waals surface area contributed by atoms with Gasteiger partial charge in [0.2, 0.25) is 10.0 Å². The number of para-hydroxylation sites is 1. The van der Waals surface area contributed by atoms with Crippen LogP contribution in [0.5, 0.6) is 0 Å². The van der Waals surface area contributed by atoms with Crippen molar-refractivity contribution >= 4 is 21.4 Å². The average molecular weight is 429 g/mol. The minimum atomic E-state index is -4.52. The fourth-order valence-corrected chi connectivity index (χ4v) is 4.97. The molecule has 2 aromatic rings. The Hall–Kier alpha value is -2.66. The normalized spacial score (nSPS) is 17.3. The number of halogens is 3. The molecule has 0 N–H and O–H groups in total. The van der Waals surface area contributed by atoms with E-state index in [2.05, 4.69) is 0 Å². The lowest BCUT2D eigenvalue weighted by atomic mass is 9.95. The smallest absolute Gasteiger partial charge is 0.374 e. The van der Waals surface area contributed by atoms with E-state index in [9.17, 15) is 31.7 Å². The standard InChI is InChI=1S/C18H18F3N3O4S/c1-22-10-9-14(13-8-7-12(11-16(13)22)18(19,20)21)23(2)29(27,28)17-6-4-3-5-15(17)24(25)26/h3-8,11,14H,9-10H2,1-2H3/t14-/m1/s1. The van der Waals surface area contributed by atoms with Gasteiger partial charge in [0.15, 0.2) is 4.90 Å². The summed E-state index contributed by atoms with van der Waals surface area (Å²) in [6.07, 6.45) is -4.20. The molecular weight excluding hydrogens is 411 g/mol. The summed E-state index contributed by atoms with van der Waals surface area (Å²) < 4.78 is 66.4. The minimum Gasteiger partial charge on any atom is -0.374 e. The van der Waals surface area contributed by atoms with Crippen LogP contribution in [0.15, 0.2) is 47.4 Å². The van der Waals surface area contributed by atoms with Gasteiger partial charge in [-0.15, -0.1) is 0 Å². The molecule has 7 nitrogen and oxygen atoms in total. The van der Waals surface area contributed by atoms with Crippen LogP contribution in [0.1, 0.15) is 23.6 Å². The van der Waals surface area contributed by atoms with E-state index in [1.807, 2.05) is 0 Å². The molecule has 3 rings (SSSR count). The molecule has 0 spiro atoms. The maximum Gasteiger partial charge on any atom is 0.416 e. The largest absolute Gasteiger partial charge is 0.416 e. The van der Waals surface area contributed by atoms with Crippen LogP contribution in [0, 0.1) is 10.1 Å². The summed E-state index contributed by atoms with van der Waals surface area (Å²) in [6.45, 7) is 0.329. The van der Waals surface area contributed by atoms with E-state index in [-0.39, 0.29) is 5.69 Å². The highest BCUT2D eigenvalue weighted by molar-refractivity contribution is 7.89. The number of nitro groups is 1. The van der Waals surface area contributed by atoms with E-state index in [4.69, 9.17) is 0 Å². The van der Waals surface area contributed by atoms with Crippen LogP contribution in [0.2, 0.25) is 0 Å². The van der Waals surface area contributed by atoms with Gasteiger partial charge in [-0.05, 0) is 30.2 Å². The number of alkyl halides is 3. The van der Waals surface area contributed by atoms with E-state index < -0.39 is 43.3 Å². The molecule has 1 aliphatic heterocycles. The molecule has 0 aromatic heterocycles. The zero-order valence-electron chi connectivity index (χ0n) is 15.5. The third-order valence-corrected chi connectivity index (χ3v) is 6.94. The second kappa shape index (κ2) is 7.30. The Morgan fingerprint density at radius 2 is 1.86 bits per heavy atom. The molecule has 0 unspecified atom stereocenters. The van der Waals surface area contributed by atoms with Gasteiger partial charge in [0.25, 0.3) is 5.69 Å². The number of anilines is 1. The van der Waals surface area contributed by atoms with Crippen molar-refractivity contribution in [2.75, 3.05) is 25.5 Å². The Labute approximate surface area is 165 Å². The SMILES string of the molecule is CN1CC[C@@H](N(C)S(=O)(=O)c2ccccc2[N+](=O)[O-])c2ccc(C(F)(F)F)cc21. The van der Waals surface area contributed by atoms with E-state index in [0.717, 1.165) is 28.6 Å². The first kappa shape index (κ1) is 21.1. The predicted molar refractivity (Wildman–Crippen MR) is 100 cm³/mol. The lowest BCUT2D eigenvalue weighted by molar-refractivity contribution is -0.387. The van der Waals surface area contributed by atoms with Crippen LogP contribution in [-0.2, 0) is 16.2 Å². The number of hydrogen-bond acceptors (Lipinski definition) is 5. The Kier molecular flexibility index (Phi) is 5.30. The number of sulfonamides is 1. The van der Waals surface area contributed by atoms with Crippen LogP contribution in [-0.4, -0.2) is 38.3 Å². The monoisotopic (exact) mass is 429 g/mol. The summed E-state index contributed by atoms with van der Waals surface area (Å²) >= 11 is 0. The summed E-state index contributed by atoms with van der Waals surface area (Å²) in [4.78, 5) is 11.6. The van der Waals surface area contributed by atoms with Crippen molar-refractivity contribution in [3.63, 3.8) is 0 Å². The molecular formula is C18H18F3N3O4S. The van der Waals surface area contributed by atoms with Crippen molar-refractivity contribution in [1.82, 2.24) is 4.31 Å². The Morgan fingerprint density at radius 3 is 2.48 bits per heavy atom. The molecule has 0 amide bonds. The van der Waals surface area contributed by atoms with Gasteiger partial charge >= 0.3 is 6.18 Å². The average Bonchev–Trinajstić information content (AvgIpc) is 2.67. The lowest BCUT2D eigenvalue weighted by Gasteiger charge is -2.37. The van der Waals surface area contributed by atoms with Gasteiger partial charge in [-0.1, -0.05) is 18.2 Å². The first-order valence-corrected chi connectivity index (χ1v) is 10.0. The second-order valence-electron chi connectivity index (χ2n) is 6.74. The minimum absolute atomic E-state index is 0.278. The summed E-state index contributed by atoms with van der Waals surface area (Å²) in [6, 6.07) is 7.40. The quantitative estimate of drug-likeness (QED) is 0.545. The highest BCUT2D eigenvalue weighted by atomic mass is 32.2. The lowest BCUT2D eigenvalue weighted by Crippen LogP contribution is -2.38. The highest BCUT2D eigenvalue weighted by Crippen LogP contribution is 2.42. The maximum atomic E-state index is 13.1. The van der Waals surface area contributed by atoms with Gasteiger partial charge in [0.05, 0.1) is 16.5 Å². The van der Waals surface area contributed by atoms with Gasteiger partial charge in [-0.3, -0.25) is 10.1 Å². The molecule has 0 saturated heterocycles. The molecule has 0 bridgehead atoms. The van der Waals surface area contributed by atoms with Gasteiger partial charge in [0.1, 0.15) is 0 Å². The van der Waals surface area contributed by atoms with Crippen LogP contribution < -0.4 is 4.90 Å². The fourth-order valence-electron chi connectivity index (χ4n) is 3.45. The molecule has 0 aliphatic carbocycles. The van der Waals surface area contributed by atoms with Gasteiger partial charge in [-0.25, -0.2) is 8.42 Å². The molecule has 0 fully saturated rings. The van der Waals surface area contributed by atoms with E-state index in [1.54, 1.807) is 11.9 Å². The molecule has 29 heavy (non-hydrogen) atoms. The van der Waals surface area contributed by atoms with Crippen molar-refractivity contribution in [3.8, 4) is 0 Å². The first-order chi connectivity index (χ1) is 13.4. The molecule has 1 atom stereocenters. The fraction of sp³-hybridized carbons (Fsp3) is 0.333. The van der Waals surface area contributed by atoms with Crippen LogP contribution >= 0.6 is 0 Å². The molecule has 156 valence electrons. The topological polar surface area (TPSA) is 83.8 Å². The van der Waals surface area contributed by atoms with E-state index >= 15 is 0 Å². The van der Waals surface area contributed by atoms with Crippen molar-refractivity contribution in [2.45, 2.75) is 23.5 Å². The van der Waals surface area contributed by atoms with Crippen LogP contribution in [0.3, 0.4) is 0 Å². The van der Waals surface area contributed by atoms with Gasteiger partial charge < -0.3 is 4.90 Å². The highest BCUT2D eigenvalue weighted by Gasteiger charge is 2.38. The third-order valence-electron chi connectivity index (χ3n) is 5.02. The molecule has 0 radical (unpaired) electrons. The number of rotatable bonds is 4. The number of hydrogen-bond donors (Lipinski definition) is 0. The third kappa shape index (κ3) is 3.79. The molecule has 11 heteroatoms. The second-order valence-corrected chi connectivity index (χ2v) is 8.71.